The molecule has 0 fully saturated rings. The fourth-order valence-corrected chi connectivity index (χ4v) is 2.13. The molecule has 0 aliphatic carbocycles. The topological polar surface area (TPSA) is 69.1 Å². The van der Waals surface area contributed by atoms with Crippen LogP contribution >= 0.6 is 0 Å². The molecule has 78 valence electrons. The van der Waals surface area contributed by atoms with Gasteiger partial charge in [-0.2, -0.15) is 0 Å². The lowest BCUT2D eigenvalue weighted by atomic mass is 9.79. The molecule has 3 nitrogen and oxygen atoms in total. The molecule has 1 amide bonds. The van der Waals surface area contributed by atoms with E-state index in [4.69, 9.17) is 11.5 Å². The number of nitrogens with two attached hydrogens (primary N) is 2. The van der Waals surface area contributed by atoms with Crippen LogP contribution in [0.2, 0.25) is 0 Å². The SMILES string of the molecule is CC(C)C(C(C)C)C(N)CC(N)=O. The Bertz CT molecular complexity index is 158. The summed E-state index contributed by atoms with van der Waals surface area (Å²) in [5.74, 6) is 1.05. The average molecular weight is 186 g/mol. The Balaban J connectivity index is 4.28. The fraction of sp³-hybridized carbons (Fsp3) is 0.900. The monoisotopic (exact) mass is 186 g/mol. The molecule has 0 aromatic rings. The molecule has 0 aromatic carbocycles. The van der Waals surface area contributed by atoms with Crippen LogP contribution in [0, 0.1) is 17.8 Å². The normalized spacial score (nSPS) is 14.2. The fourth-order valence-electron chi connectivity index (χ4n) is 2.13. The van der Waals surface area contributed by atoms with E-state index < -0.39 is 0 Å². The Morgan fingerprint density at radius 2 is 1.54 bits per heavy atom. The molecule has 0 bridgehead atoms. The molecule has 0 rings (SSSR count). The largest absolute Gasteiger partial charge is 0.370 e. The van der Waals surface area contributed by atoms with E-state index in [0.717, 1.165) is 0 Å². The van der Waals surface area contributed by atoms with Gasteiger partial charge in [-0.25, -0.2) is 0 Å². The molecule has 0 heterocycles. The highest BCUT2D eigenvalue weighted by Crippen LogP contribution is 2.24. The minimum Gasteiger partial charge on any atom is -0.370 e. The lowest BCUT2D eigenvalue weighted by molar-refractivity contribution is -0.118. The molecule has 0 aliphatic rings. The first-order chi connectivity index (χ1) is 5.86. The predicted octanol–water partition coefficient (Wildman–Crippen LogP) is 1.12. The van der Waals surface area contributed by atoms with Crippen LogP contribution < -0.4 is 11.5 Å². The van der Waals surface area contributed by atoms with Gasteiger partial charge in [0.25, 0.3) is 0 Å². The molecule has 0 radical (unpaired) electrons. The number of hydrogen-bond donors (Lipinski definition) is 2. The lowest BCUT2D eigenvalue weighted by Crippen LogP contribution is -2.39. The summed E-state index contributed by atoms with van der Waals surface area (Å²) in [6, 6.07) is -0.0995. The van der Waals surface area contributed by atoms with Crippen LogP contribution in [0.1, 0.15) is 34.1 Å². The van der Waals surface area contributed by atoms with Crippen molar-refractivity contribution in [3.05, 3.63) is 0 Å². The first-order valence-electron chi connectivity index (χ1n) is 4.90. The second kappa shape index (κ2) is 5.22. The number of carbonyl (C=O) groups is 1. The molecule has 0 saturated carbocycles. The molecule has 1 unspecified atom stereocenters. The lowest BCUT2D eigenvalue weighted by Gasteiger charge is -2.30. The summed E-state index contributed by atoms with van der Waals surface area (Å²) in [4.78, 5) is 10.7. The van der Waals surface area contributed by atoms with Crippen molar-refractivity contribution in [1.82, 2.24) is 0 Å². The smallest absolute Gasteiger partial charge is 0.218 e. The summed E-state index contributed by atoms with van der Waals surface area (Å²) in [7, 11) is 0. The van der Waals surface area contributed by atoms with Crippen LogP contribution in [0.5, 0.6) is 0 Å². The molecular formula is C10H22N2O. The van der Waals surface area contributed by atoms with Gasteiger partial charge in [0, 0.05) is 12.5 Å². The number of carbonyl (C=O) groups excluding carboxylic acids is 1. The molecule has 0 aliphatic heterocycles. The van der Waals surface area contributed by atoms with Crippen LogP contribution in [0.25, 0.3) is 0 Å². The quantitative estimate of drug-likeness (QED) is 0.675. The highest BCUT2D eigenvalue weighted by atomic mass is 16.1. The zero-order chi connectivity index (χ0) is 10.6. The maximum Gasteiger partial charge on any atom is 0.218 e. The number of rotatable bonds is 5. The summed E-state index contributed by atoms with van der Waals surface area (Å²) < 4.78 is 0. The summed E-state index contributed by atoms with van der Waals surface area (Å²) in [6.07, 6.45) is 0.293. The highest BCUT2D eigenvalue weighted by molar-refractivity contribution is 5.74. The van der Waals surface area contributed by atoms with Crippen molar-refractivity contribution in [2.24, 2.45) is 29.2 Å². The Morgan fingerprint density at radius 1 is 1.15 bits per heavy atom. The molecule has 4 N–H and O–H groups in total. The molecular weight excluding hydrogens is 164 g/mol. The molecule has 0 aromatic heterocycles. The third-order valence-corrected chi connectivity index (χ3v) is 2.47. The number of primary amides is 1. The molecule has 13 heavy (non-hydrogen) atoms. The third-order valence-electron chi connectivity index (χ3n) is 2.47. The van der Waals surface area contributed by atoms with E-state index in [2.05, 4.69) is 27.7 Å². The maximum atomic E-state index is 10.7. The van der Waals surface area contributed by atoms with Crippen molar-refractivity contribution in [2.45, 2.75) is 40.2 Å². The average Bonchev–Trinajstić information content (AvgIpc) is 1.81. The van der Waals surface area contributed by atoms with Crippen molar-refractivity contribution in [1.29, 1.82) is 0 Å². The van der Waals surface area contributed by atoms with Crippen molar-refractivity contribution in [3.63, 3.8) is 0 Å². The highest BCUT2D eigenvalue weighted by Gasteiger charge is 2.25. The summed E-state index contributed by atoms with van der Waals surface area (Å²) >= 11 is 0. The van der Waals surface area contributed by atoms with Gasteiger partial charge in [0.2, 0.25) is 5.91 Å². The first-order valence-corrected chi connectivity index (χ1v) is 4.90. The van der Waals surface area contributed by atoms with Gasteiger partial charge in [0.1, 0.15) is 0 Å². The van der Waals surface area contributed by atoms with E-state index in [-0.39, 0.29) is 11.9 Å². The van der Waals surface area contributed by atoms with Gasteiger partial charge in [-0.05, 0) is 17.8 Å². The number of amides is 1. The van der Waals surface area contributed by atoms with E-state index in [9.17, 15) is 4.79 Å². The van der Waals surface area contributed by atoms with Crippen molar-refractivity contribution >= 4 is 5.91 Å². The van der Waals surface area contributed by atoms with Gasteiger partial charge in [0.05, 0.1) is 0 Å². The van der Waals surface area contributed by atoms with Crippen LogP contribution in [0.4, 0.5) is 0 Å². The Kier molecular flexibility index (Phi) is 4.99. The van der Waals surface area contributed by atoms with Crippen LogP contribution in [-0.2, 0) is 4.79 Å². The van der Waals surface area contributed by atoms with Crippen LogP contribution in [-0.4, -0.2) is 11.9 Å². The molecule has 0 spiro atoms. The van der Waals surface area contributed by atoms with Crippen molar-refractivity contribution in [3.8, 4) is 0 Å². The van der Waals surface area contributed by atoms with E-state index in [0.29, 0.717) is 24.2 Å². The van der Waals surface area contributed by atoms with E-state index in [1.165, 1.54) is 0 Å². The number of hydrogen-bond acceptors (Lipinski definition) is 2. The van der Waals surface area contributed by atoms with E-state index >= 15 is 0 Å². The predicted molar refractivity (Wildman–Crippen MR) is 55.0 cm³/mol. The molecule has 0 saturated heterocycles. The minimum absolute atomic E-state index is 0.0995. The third kappa shape index (κ3) is 4.27. The van der Waals surface area contributed by atoms with Gasteiger partial charge in [-0.1, -0.05) is 27.7 Å². The zero-order valence-corrected chi connectivity index (χ0v) is 9.08. The Hall–Kier alpha value is -0.570. The maximum absolute atomic E-state index is 10.7. The van der Waals surface area contributed by atoms with E-state index in [1.54, 1.807) is 0 Å². The second-order valence-corrected chi connectivity index (χ2v) is 4.40. The van der Waals surface area contributed by atoms with Crippen molar-refractivity contribution < 1.29 is 4.79 Å². The standard InChI is InChI=1S/C10H22N2O/c1-6(2)10(7(3)4)8(11)5-9(12)13/h6-8,10H,5,11H2,1-4H3,(H2,12,13). The van der Waals surface area contributed by atoms with Gasteiger partial charge >= 0.3 is 0 Å². The Labute approximate surface area is 80.9 Å². The summed E-state index contributed by atoms with van der Waals surface area (Å²) in [5.41, 5.74) is 11.0. The van der Waals surface area contributed by atoms with Crippen LogP contribution in [0.3, 0.4) is 0 Å². The van der Waals surface area contributed by atoms with E-state index in [1.807, 2.05) is 0 Å². The Morgan fingerprint density at radius 3 is 1.77 bits per heavy atom. The van der Waals surface area contributed by atoms with Gasteiger partial charge < -0.3 is 11.5 Å². The van der Waals surface area contributed by atoms with Crippen LogP contribution in [0.15, 0.2) is 0 Å². The summed E-state index contributed by atoms with van der Waals surface area (Å²) in [5, 5.41) is 0. The zero-order valence-electron chi connectivity index (χ0n) is 9.08. The molecule has 3 heteroatoms. The first kappa shape index (κ1) is 12.4. The van der Waals surface area contributed by atoms with Gasteiger partial charge in [-0.3, -0.25) is 4.79 Å². The molecule has 1 atom stereocenters. The summed E-state index contributed by atoms with van der Waals surface area (Å²) in [6.45, 7) is 8.52. The second-order valence-electron chi connectivity index (χ2n) is 4.40. The minimum atomic E-state index is -0.307. The van der Waals surface area contributed by atoms with Crippen molar-refractivity contribution in [2.75, 3.05) is 0 Å². The van der Waals surface area contributed by atoms with Gasteiger partial charge in [-0.15, -0.1) is 0 Å². The van der Waals surface area contributed by atoms with Gasteiger partial charge in [0.15, 0.2) is 0 Å².